The monoisotopic (exact) mass is 214 g/mol. The second kappa shape index (κ2) is 5.02. The molecular weight excluding hydrogens is 196 g/mol. The van der Waals surface area contributed by atoms with Crippen molar-refractivity contribution in [2.45, 2.75) is 26.7 Å². The summed E-state index contributed by atoms with van der Waals surface area (Å²) in [6.45, 7) is 4.39. The van der Waals surface area contributed by atoms with Gasteiger partial charge in [0.2, 0.25) is 0 Å². The first-order valence-corrected chi connectivity index (χ1v) is 5.93. The van der Waals surface area contributed by atoms with Gasteiger partial charge in [0.1, 0.15) is 11.5 Å². The van der Waals surface area contributed by atoms with Crippen molar-refractivity contribution in [3.05, 3.63) is 53.8 Å². The maximum Gasteiger partial charge on any atom is 0.126 e. The van der Waals surface area contributed by atoms with Crippen LogP contribution in [-0.4, -0.2) is 0 Å². The van der Waals surface area contributed by atoms with E-state index in [0.717, 1.165) is 24.4 Å². The van der Waals surface area contributed by atoms with Crippen molar-refractivity contribution in [2.24, 2.45) is 5.92 Å². The Hall–Kier alpha value is -1.50. The molecule has 0 N–H and O–H groups in total. The summed E-state index contributed by atoms with van der Waals surface area (Å²) in [5, 5.41) is 0. The smallest absolute Gasteiger partial charge is 0.126 e. The second-order valence-corrected chi connectivity index (χ2v) is 4.20. The Morgan fingerprint density at radius 3 is 2.69 bits per heavy atom. The molecule has 1 heteroatoms. The maximum atomic E-state index is 6.00. The zero-order valence-electron chi connectivity index (χ0n) is 9.94. The van der Waals surface area contributed by atoms with Crippen molar-refractivity contribution in [3.63, 3.8) is 0 Å². The highest BCUT2D eigenvalue weighted by atomic mass is 16.5. The lowest BCUT2D eigenvalue weighted by molar-refractivity contribution is 0.348. The number of para-hydroxylation sites is 1. The van der Waals surface area contributed by atoms with Crippen molar-refractivity contribution in [3.8, 4) is 5.75 Å². The molecule has 0 spiro atoms. The van der Waals surface area contributed by atoms with E-state index in [4.69, 9.17) is 4.74 Å². The molecule has 0 aliphatic heterocycles. The molecule has 1 aromatic rings. The van der Waals surface area contributed by atoms with Gasteiger partial charge in [0.25, 0.3) is 0 Å². The quantitative estimate of drug-likeness (QED) is 0.728. The molecule has 1 atom stereocenters. The zero-order valence-corrected chi connectivity index (χ0v) is 9.94. The molecule has 0 heterocycles. The third kappa shape index (κ3) is 2.35. The highest BCUT2D eigenvalue weighted by Gasteiger charge is 2.17. The van der Waals surface area contributed by atoms with Crippen LogP contribution in [0.5, 0.6) is 5.75 Å². The summed E-state index contributed by atoms with van der Waals surface area (Å²) in [4.78, 5) is 0. The fourth-order valence-corrected chi connectivity index (χ4v) is 1.99. The van der Waals surface area contributed by atoms with Gasteiger partial charge in [0, 0.05) is 5.92 Å². The van der Waals surface area contributed by atoms with E-state index in [-0.39, 0.29) is 0 Å². The van der Waals surface area contributed by atoms with Crippen molar-refractivity contribution in [1.82, 2.24) is 0 Å². The summed E-state index contributed by atoms with van der Waals surface area (Å²) in [6, 6.07) is 10.0. The van der Waals surface area contributed by atoms with Gasteiger partial charge in [-0.3, -0.25) is 0 Å². The van der Waals surface area contributed by atoms with Crippen molar-refractivity contribution in [1.29, 1.82) is 0 Å². The van der Waals surface area contributed by atoms with E-state index in [1.807, 2.05) is 30.3 Å². The van der Waals surface area contributed by atoms with Crippen LogP contribution in [-0.2, 0) is 0 Å². The normalized spacial score (nSPS) is 20.0. The number of rotatable bonds is 3. The average Bonchev–Trinajstić information content (AvgIpc) is 2.33. The predicted octanol–water partition coefficient (Wildman–Crippen LogP) is 4.33. The van der Waals surface area contributed by atoms with Gasteiger partial charge in [-0.15, -0.1) is 0 Å². The van der Waals surface area contributed by atoms with E-state index >= 15 is 0 Å². The third-order valence-corrected chi connectivity index (χ3v) is 2.92. The van der Waals surface area contributed by atoms with Crippen LogP contribution in [0.2, 0.25) is 0 Å². The number of allylic oxidation sites excluding steroid dienone is 4. The summed E-state index contributed by atoms with van der Waals surface area (Å²) < 4.78 is 6.00. The van der Waals surface area contributed by atoms with Gasteiger partial charge >= 0.3 is 0 Å². The molecule has 1 aromatic carbocycles. The van der Waals surface area contributed by atoms with Gasteiger partial charge in [-0.2, -0.15) is 0 Å². The first-order valence-electron chi connectivity index (χ1n) is 5.93. The lowest BCUT2D eigenvalue weighted by Crippen LogP contribution is -2.11. The van der Waals surface area contributed by atoms with Gasteiger partial charge in [0.15, 0.2) is 0 Å². The molecule has 0 fully saturated rings. The van der Waals surface area contributed by atoms with Crippen LogP contribution in [0.25, 0.3) is 0 Å². The number of hydrogen-bond donors (Lipinski definition) is 0. The SMILES string of the molecule is CCC1=C(Oc2ccccc2)C(C)CC=C1. The van der Waals surface area contributed by atoms with Crippen molar-refractivity contribution < 1.29 is 4.74 Å². The molecule has 0 saturated heterocycles. The van der Waals surface area contributed by atoms with E-state index in [1.54, 1.807) is 0 Å². The molecule has 0 bridgehead atoms. The van der Waals surface area contributed by atoms with Gasteiger partial charge in [0.05, 0.1) is 0 Å². The highest BCUT2D eigenvalue weighted by Crippen LogP contribution is 2.29. The van der Waals surface area contributed by atoms with Crippen LogP contribution in [0, 0.1) is 5.92 Å². The molecule has 2 rings (SSSR count). The van der Waals surface area contributed by atoms with Crippen LogP contribution >= 0.6 is 0 Å². The number of benzene rings is 1. The largest absolute Gasteiger partial charge is 0.461 e. The van der Waals surface area contributed by atoms with E-state index in [9.17, 15) is 0 Å². The minimum atomic E-state index is 0.486. The first-order chi connectivity index (χ1) is 7.81. The molecule has 0 radical (unpaired) electrons. The van der Waals surface area contributed by atoms with E-state index in [2.05, 4.69) is 26.0 Å². The lowest BCUT2D eigenvalue weighted by Gasteiger charge is -2.22. The Bertz CT molecular complexity index is 401. The Balaban J connectivity index is 2.24. The van der Waals surface area contributed by atoms with Gasteiger partial charge in [-0.1, -0.05) is 44.2 Å². The molecule has 1 aliphatic carbocycles. The fourth-order valence-electron chi connectivity index (χ4n) is 1.99. The Labute approximate surface area is 97.4 Å². The van der Waals surface area contributed by atoms with Crippen molar-refractivity contribution in [2.75, 3.05) is 0 Å². The molecule has 0 amide bonds. The first kappa shape index (κ1) is 11.0. The summed E-state index contributed by atoms with van der Waals surface area (Å²) in [5.41, 5.74) is 1.32. The fraction of sp³-hybridized carbons (Fsp3) is 0.333. The molecule has 1 aliphatic rings. The topological polar surface area (TPSA) is 9.23 Å². The van der Waals surface area contributed by atoms with Gasteiger partial charge in [-0.05, 0) is 30.5 Å². The summed E-state index contributed by atoms with van der Waals surface area (Å²) in [5.74, 6) is 2.56. The van der Waals surface area contributed by atoms with Gasteiger partial charge in [-0.25, -0.2) is 0 Å². The molecule has 16 heavy (non-hydrogen) atoms. The third-order valence-electron chi connectivity index (χ3n) is 2.92. The van der Waals surface area contributed by atoms with Crippen LogP contribution in [0.3, 0.4) is 0 Å². The van der Waals surface area contributed by atoms with E-state index in [0.29, 0.717) is 5.92 Å². The van der Waals surface area contributed by atoms with Crippen LogP contribution in [0.4, 0.5) is 0 Å². The van der Waals surface area contributed by atoms with Crippen LogP contribution < -0.4 is 4.74 Å². The standard InChI is InChI=1S/C15H18O/c1-3-13-9-7-8-12(2)15(13)16-14-10-5-4-6-11-14/h4-7,9-12H,3,8H2,1-2H3. The van der Waals surface area contributed by atoms with Crippen LogP contribution in [0.1, 0.15) is 26.7 Å². The average molecular weight is 214 g/mol. The number of hydrogen-bond acceptors (Lipinski definition) is 1. The summed E-state index contributed by atoms with van der Waals surface area (Å²) in [6.07, 6.45) is 6.54. The lowest BCUT2D eigenvalue weighted by atomic mass is 9.94. The minimum absolute atomic E-state index is 0.486. The number of ether oxygens (including phenoxy) is 1. The molecule has 84 valence electrons. The molecular formula is C15H18O. The Morgan fingerprint density at radius 1 is 1.25 bits per heavy atom. The molecule has 0 saturated carbocycles. The zero-order chi connectivity index (χ0) is 11.4. The maximum absolute atomic E-state index is 6.00. The highest BCUT2D eigenvalue weighted by molar-refractivity contribution is 5.32. The van der Waals surface area contributed by atoms with E-state index in [1.165, 1.54) is 5.57 Å². The van der Waals surface area contributed by atoms with Crippen molar-refractivity contribution >= 4 is 0 Å². The predicted molar refractivity (Wildman–Crippen MR) is 67.3 cm³/mol. The van der Waals surface area contributed by atoms with E-state index < -0.39 is 0 Å². The Morgan fingerprint density at radius 2 is 2.00 bits per heavy atom. The summed E-state index contributed by atoms with van der Waals surface area (Å²) >= 11 is 0. The Kier molecular flexibility index (Phi) is 3.45. The molecule has 1 unspecified atom stereocenters. The summed E-state index contributed by atoms with van der Waals surface area (Å²) in [7, 11) is 0. The van der Waals surface area contributed by atoms with Crippen LogP contribution in [0.15, 0.2) is 53.8 Å². The molecule has 1 nitrogen and oxygen atoms in total. The molecule has 0 aromatic heterocycles. The van der Waals surface area contributed by atoms with Gasteiger partial charge < -0.3 is 4.74 Å². The minimum Gasteiger partial charge on any atom is -0.461 e. The second-order valence-electron chi connectivity index (χ2n) is 4.20.